The van der Waals surface area contributed by atoms with Gasteiger partial charge in [-0.25, -0.2) is 4.39 Å². The summed E-state index contributed by atoms with van der Waals surface area (Å²) >= 11 is 5.71. The molecular formula is C11H16ClFSi. The van der Waals surface area contributed by atoms with Crippen molar-refractivity contribution in [3.63, 3.8) is 0 Å². The van der Waals surface area contributed by atoms with Crippen molar-refractivity contribution in [2.75, 3.05) is 0 Å². The normalized spacial score (nSPS) is 14.1. The maximum Gasteiger partial charge on any atom is 0.127 e. The Morgan fingerprint density at radius 1 is 1.29 bits per heavy atom. The van der Waals surface area contributed by atoms with E-state index in [1.54, 1.807) is 12.1 Å². The van der Waals surface area contributed by atoms with Crippen LogP contribution in [0.15, 0.2) is 18.2 Å². The molecule has 1 atom stereocenters. The molecule has 1 unspecified atom stereocenters. The first-order chi connectivity index (χ1) is 6.32. The molecule has 0 aliphatic heterocycles. The Morgan fingerprint density at radius 2 is 1.86 bits per heavy atom. The number of hydrogen-bond acceptors (Lipinski definition) is 0. The SMILES string of the molecule is CC(c1ccc(Cl)cc1F)[Si](C)(C)C. The first-order valence-corrected chi connectivity index (χ1v) is 8.73. The van der Waals surface area contributed by atoms with Crippen LogP contribution in [0, 0.1) is 5.82 Å². The lowest BCUT2D eigenvalue weighted by Crippen LogP contribution is -2.29. The van der Waals surface area contributed by atoms with Crippen molar-refractivity contribution >= 4 is 19.7 Å². The quantitative estimate of drug-likeness (QED) is 0.658. The van der Waals surface area contributed by atoms with Crippen LogP contribution in [0.4, 0.5) is 4.39 Å². The molecule has 0 aliphatic carbocycles. The third kappa shape index (κ3) is 2.58. The van der Waals surface area contributed by atoms with Crippen LogP contribution in [0.5, 0.6) is 0 Å². The Morgan fingerprint density at radius 3 is 2.29 bits per heavy atom. The van der Waals surface area contributed by atoms with Crippen LogP contribution in [-0.2, 0) is 0 Å². The van der Waals surface area contributed by atoms with Crippen LogP contribution < -0.4 is 0 Å². The summed E-state index contributed by atoms with van der Waals surface area (Å²) in [7, 11) is -1.33. The van der Waals surface area contributed by atoms with Gasteiger partial charge >= 0.3 is 0 Å². The minimum Gasteiger partial charge on any atom is -0.207 e. The molecule has 0 saturated heterocycles. The van der Waals surface area contributed by atoms with E-state index in [1.165, 1.54) is 6.07 Å². The van der Waals surface area contributed by atoms with E-state index in [-0.39, 0.29) is 5.82 Å². The van der Waals surface area contributed by atoms with Gasteiger partial charge in [-0.15, -0.1) is 0 Å². The van der Waals surface area contributed by atoms with E-state index in [1.807, 2.05) is 0 Å². The number of benzene rings is 1. The van der Waals surface area contributed by atoms with Crippen molar-refractivity contribution in [1.29, 1.82) is 0 Å². The van der Waals surface area contributed by atoms with Crippen molar-refractivity contribution in [1.82, 2.24) is 0 Å². The Bertz CT molecular complexity index is 331. The number of halogens is 2. The lowest BCUT2D eigenvalue weighted by atomic mass is 10.1. The molecule has 0 nitrogen and oxygen atoms in total. The van der Waals surface area contributed by atoms with Crippen molar-refractivity contribution in [2.45, 2.75) is 32.1 Å². The first-order valence-electron chi connectivity index (χ1n) is 4.77. The zero-order valence-corrected chi connectivity index (χ0v) is 10.8. The molecule has 0 amide bonds. The lowest BCUT2D eigenvalue weighted by Gasteiger charge is -2.25. The summed E-state index contributed by atoms with van der Waals surface area (Å²) in [5.41, 5.74) is 1.12. The molecule has 0 fully saturated rings. The second-order valence-corrected chi connectivity index (χ2v) is 10.8. The lowest BCUT2D eigenvalue weighted by molar-refractivity contribution is 0.608. The topological polar surface area (TPSA) is 0 Å². The zero-order chi connectivity index (χ0) is 10.9. The summed E-state index contributed by atoms with van der Waals surface area (Å²) < 4.78 is 13.6. The minimum atomic E-state index is -1.33. The van der Waals surface area contributed by atoms with Crippen LogP contribution in [0.2, 0.25) is 24.7 Å². The Kier molecular flexibility index (Phi) is 3.38. The summed E-state index contributed by atoms with van der Waals surface area (Å²) in [6, 6.07) is 4.96. The van der Waals surface area contributed by atoms with Crippen molar-refractivity contribution in [3.05, 3.63) is 34.6 Å². The first kappa shape index (κ1) is 11.7. The predicted molar refractivity (Wildman–Crippen MR) is 63.2 cm³/mol. The molecule has 0 aliphatic rings. The monoisotopic (exact) mass is 230 g/mol. The largest absolute Gasteiger partial charge is 0.207 e. The van der Waals surface area contributed by atoms with Gasteiger partial charge in [0.1, 0.15) is 5.82 Å². The van der Waals surface area contributed by atoms with E-state index in [9.17, 15) is 4.39 Å². The van der Waals surface area contributed by atoms with Gasteiger partial charge in [-0.3, -0.25) is 0 Å². The molecule has 0 spiro atoms. The molecule has 0 radical (unpaired) electrons. The Hall–Kier alpha value is -0.343. The molecule has 78 valence electrons. The van der Waals surface area contributed by atoms with Crippen LogP contribution in [0.25, 0.3) is 0 Å². The van der Waals surface area contributed by atoms with Crippen molar-refractivity contribution < 1.29 is 4.39 Å². The fraction of sp³-hybridized carbons (Fsp3) is 0.455. The zero-order valence-electron chi connectivity index (χ0n) is 9.07. The van der Waals surface area contributed by atoms with Gasteiger partial charge in [-0.1, -0.05) is 44.2 Å². The van der Waals surface area contributed by atoms with Gasteiger partial charge in [0.25, 0.3) is 0 Å². The smallest absolute Gasteiger partial charge is 0.127 e. The van der Waals surface area contributed by atoms with E-state index < -0.39 is 8.07 Å². The second-order valence-electron chi connectivity index (χ2n) is 4.75. The Balaban J connectivity index is 3.08. The molecule has 3 heteroatoms. The highest BCUT2D eigenvalue weighted by atomic mass is 35.5. The average molecular weight is 231 g/mol. The summed E-state index contributed by atoms with van der Waals surface area (Å²) in [6.45, 7) is 8.82. The third-order valence-electron chi connectivity index (χ3n) is 2.73. The molecule has 1 aromatic rings. The number of hydrogen-bond donors (Lipinski definition) is 0. The molecule has 14 heavy (non-hydrogen) atoms. The third-order valence-corrected chi connectivity index (χ3v) is 5.87. The fourth-order valence-corrected chi connectivity index (χ4v) is 2.65. The molecule has 0 saturated carbocycles. The standard InChI is InChI=1S/C11H16ClFSi/c1-8(14(2,3)4)10-6-5-9(12)7-11(10)13/h5-8H,1-4H3. The van der Waals surface area contributed by atoms with Crippen LogP contribution >= 0.6 is 11.6 Å². The molecule has 0 N–H and O–H groups in total. The fourth-order valence-electron chi connectivity index (χ4n) is 1.32. The van der Waals surface area contributed by atoms with Crippen LogP contribution in [0.1, 0.15) is 18.0 Å². The summed E-state index contributed by atoms with van der Waals surface area (Å²) in [4.78, 5) is 0. The van der Waals surface area contributed by atoms with Crippen LogP contribution in [-0.4, -0.2) is 8.07 Å². The molecule has 0 heterocycles. The Labute approximate surface area is 91.1 Å². The van der Waals surface area contributed by atoms with E-state index in [4.69, 9.17) is 11.6 Å². The van der Waals surface area contributed by atoms with Gasteiger partial charge in [0.15, 0.2) is 0 Å². The van der Waals surface area contributed by atoms with Gasteiger partial charge in [0, 0.05) is 5.02 Å². The van der Waals surface area contributed by atoms with Crippen LogP contribution in [0.3, 0.4) is 0 Å². The highest BCUT2D eigenvalue weighted by Gasteiger charge is 2.25. The van der Waals surface area contributed by atoms with Gasteiger partial charge < -0.3 is 0 Å². The van der Waals surface area contributed by atoms with Gasteiger partial charge in [0.05, 0.1) is 8.07 Å². The van der Waals surface area contributed by atoms with Crippen molar-refractivity contribution in [3.8, 4) is 0 Å². The van der Waals surface area contributed by atoms with E-state index in [0.717, 1.165) is 5.56 Å². The summed E-state index contributed by atoms with van der Waals surface area (Å²) in [5.74, 6) is -0.174. The maximum absolute atomic E-state index is 13.6. The van der Waals surface area contributed by atoms with E-state index >= 15 is 0 Å². The summed E-state index contributed by atoms with van der Waals surface area (Å²) in [6.07, 6.45) is 0. The molecule has 1 aromatic carbocycles. The van der Waals surface area contributed by atoms with E-state index in [2.05, 4.69) is 26.6 Å². The molecule has 0 aromatic heterocycles. The average Bonchev–Trinajstić information content (AvgIpc) is 2.01. The van der Waals surface area contributed by atoms with Gasteiger partial charge in [-0.05, 0) is 23.2 Å². The molecule has 0 bridgehead atoms. The number of rotatable bonds is 2. The second kappa shape index (κ2) is 4.03. The molecular weight excluding hydrogens is 215 g/mol. The highest BCUT2D eigenvalue weighted by molar-refractivity contribution is 6.77. The maximum atomic E-state index is 13.6. The van der Waals surface area contributed by atoms with Crippen molar-refractivity contribution in [2.24, 2.45) is 0 Å². The van der Waals surface area contributed by atoms with E-state index in [0.29, 0.717) is 10.6 Å². The van der Waals surface area contributed by atoms with Gasteiger partial charge in [0.2, 0.25) is 0 Å². The molecule has 1 rings (SSSR count). The summed E-state index contributed by atoms with van der Waals surface area (Å²) in [5, 5.41) is 0.467. The predicted octanol–water partition coefficient (Wildman–Crippen LogP) is 4.46. The minimum absolute atomic E-state index is 0.174. The highest BCUT2D eigenvalue weighted by Crippen LogP contribution is 2.29. The van der Waals surface area contributed by atoms with Gasteiger partial charge in [-0.2, -0.15) is 0 Å².